The predicted molar refractivity (Wildman–Crippen MR) is 83.5 cm³/mol. The van der Waals surface area contributed by atoms with Crippen molar-refractivity contribution >= 4 is 0 Å². The highest BCUT2D eigenvalue weighted by atomic mass is 15.2. The largest absolute Gasteiger partial charge is 0.312 e. The molecule has 1 aliphatic carbocycles. The van der Waals surface area contributed by atoms with Crippen LogP contribution in [0.3, 0.4) is 0 Å². The van der Waals surface area contributed by atoms with Crippen LogP contribution in [0, 0.1) is 5.92 Å². The van der Waals surface area contributed by atoms with Crippen molar-refractivity contribution in [3.63, 3.8) is 0 Å². The van der Waals surface area contributed by atoms with Crippen LogP contribution in [0.5, 0.6) is 0 Å². The van der Waals surface area contributed by atoms with E-state index in [2.05, 4.69) is 31.0 Å². The number of nitrogens with one attached hydrogen (secondary N) is 1. The van der Waals surface area contributed by atoms with Gasteiger partial charge in [0.15, 0.2) is 0 Å². The molecule has 1 aliphatic heterocycles. The van der Waals surface area contributed by atoms with Crippen LogP contribution in [0.15, 0.2) is 0 Å². The minimum atomic E-state index is 0.755. The fourth-order valence-electron chi connectivity index (χ4n) is 4.23. The zero-order valence-electron chi connectivity index (χ0n) is 13.3. The van der Waals surface area contributed by atoms with E-state index in [0.717, 1.165) is 24.0 Å². The first-order valence-corrected chi connectivity index (χ1v) is 8.75. The third-order valence-corrected chi connectivity index (χ3v) is 5.57. The third-order valence-electron chi connectivity index (χ3n) is 5.57. The highest BCUT2D eigenvalue weighted by Gasteiger charge is 2.31. The summed E-state index contributed by atoms with van der Waals surface area (Å²) in [7, 11) is 0. The monoisotopic (exact) mass is 266 g/mol. The lowest BCUT2D eigenvalue weighted by Crippen LogP contribution is -2.48. The molecule has 1 saturated heterocycles. The summed E-state index contributed by atoms with van der Waals surface area (Å²) in [4.78, 5) is 2.82. The van der Waals surface area contributed by atoms with Gasteiger partial charge in [0.1, 0.15) is 0 Å². The Balaban J connectivity index is 2.00. The van der Waals surface area contributed by atoms with Gasteiger partial charge in [-0.3, -0.25) is 4.90 Å². The lowest BCUT2D eigenvalue weighted by Gasteiger charge is -2.38. The Morgan fingerprint density at radius 3 is 2.37 bits per heavy atom. The smallest absolute Gasteiger partial charge is 0.0223 e. The van der Waals surface area contributed by atoms with Crippen molar-refractivity contribution in [2.45, 2.75) is 90.3 Å². The van der Waals surface area contributed by atoms with E-state index in [9.17, 15) is 0 Å². The normalized spacial score (nSPS) is 31.6. The van der Waals surface area contributed by atoms with Crippen LogP contribution in [0.4, 0.5) is 0 Å². The molecule has 1 N–H and O–H groups in total. The van der Waals surface area contributed by atoms with E-state index in [1.54, 1.807) is 0 Å². The predicted octanol–water partition coefficient (Wildman–Crippen LogP) is 3.81. The van der Waals surface area contributed by atoms with Crippen molar-refractivity contribution in [3.05, 3.63) is 0 Å². The van der Waals surface area contributed by atoms with E-state index in [4.69, 9.17) is 0 Å². The number of hydrogen-bond acceptors (Lipinski definition) is 2. The van der Waals surface area contributed by atoms with Gasteiger partial charge in [-0.05, 0) is 51.5 Å². The molecule has 2 atom stereocenters. The second kappa shape index (κ2) is 7.64. The maximum atomic E-state index is 3.87. The molecule has 1 saturated carbocycles. The molecule has 2 fully saturated rings. The zero-order valence-corrected chi connectivity index (χ0v) is 13.3. The molecule has 2 rings (SSSR count). The summed E-state index contributed by atoms with van der Waals surface area (Å²) in [6.07, 6.45) is 11.2. The Morgan fingerprint density at radius 2 is 1.74 bits per heavy atom. The average molecular weight is 266 g/mol. The van der Waals surface area contributed by atoms with Crippen molar-refractivity contribution in [2.75, 3.05) is 13.1 Å². The number of hydrogen-bond donors (Lipinski definition) is 1. The van der Waals surface area contributed by atoms with E-state index in [0.29, 0.717) is 0 Å². The molecule has 2 aliphatic rings. The summed E-state index contributed by atoms with van der Waals surface area (Å²) in [5.41, 5.74) is 0. The summed E-state index contributed by atoms with van der Waals surface area (Å²) in [5.74, 6) is 0.941. The van der Waals surface area contributed by atoms with Crippen LogP contribution in [-0.2, 0) is 0 Å². The Bertz CT molecular complexity index is 244. The van der Waals surface area contributed by atoms with Gasteiger partial charge in [-0.2, -0.15) is 0 Å². The zero-order chi connectivity index (χ0) is 13.7. The van der Waals surface area contributed by atoms with Gasteiger partial charge in [-0.15, -0.1) is 0 Å². The highest BCUT2D eigenvalue weighted by molar-refractivity contribution is 4.89. The molecule has 2 heteroatoms. The van der Waals surface area contributed by atoms with Gasteiger partial charge >= 0.3 is 0 Å². The van der Waals surface area contributed by atoms with E-state index in [-0.39, 0.29) is 0 Å². The van der Waals surface area contributed by atoms with E-state index >= 15 is 0 Å². The second-order valence-electron chi connectivity index (χ2n) is 6.76. The Labute approximate surface area is 120 Å². The topological polar surface area (TPSA) is 15.3 Å². The van der Waals surface area contributed by atoms with E-state index < -0.39 is 0 Å². The van der Waals surface area contributed by atoms with Crippen LogP contribution in [0.2, 0.25) is 0 Å². The van der Waals surface area contributed by atoms with Gasteiger partial charge in [-0.25, -0.2) is 0 Å². The average Bonchev–Trinajstić information content (AvgIpc) is 2.64. The third kappa shape index (κ3) is 3.95. The van der Waals surface area contributed by atoms with E-state index in [1.165, 1.54) is 64.5 Å². The molecule has 2 unspecified atom stereocenters. The molecule has 0 aromatic heterocycles. The molecular formula is C17H34N2. The molecule has 0 aromatic rings. The summed E-state index contributed by atoms with van der Waals surface area (Å²) >= 11 is 0. The molecule has 0 radical (unpaired) electrons. The van der Waals surface area contributed by atoms with Crippen LogP contribution < -0.4 is 5.32 Å². The van der Waals surface area contributed by atoms with Crippen molar-refractivity contribution in [3.8, 4) is 0 Å². The summed E-state index contributed by atoms with van der Waals surface area (Å²) in [5, 5.41) is 3.87. The second-order valence-corrected chi connectivity index (χ2v) is 6.76. The Morgan fingerprint density at radius 1 is 1.05 bits per heavy atom. The van der Waals surface area contributed by atoms with Gasteiger partial charge in [0, 0.05) is 24.7 Å². The van der Waals surface area contributed by atoms with Gasteiger partial charge in [-0.1, -0.05) is 33.1 Å². The number of rotatable bonds is 4. The van der Waals surface area contributed by atoms with Gasteiger partial charge in [0.25, 0.3) is 0 Å². The molecule has 0 aromatic carbocycles. The molecule has 2 nitrogen and oxygen atoms in total. The van der Waals surface area contributed by atoms with Crippen molar-refractivity contribution < 1.29 is 0 Å². The summed E-state index contributed by atoms with van der Waals surface area (Å²) < 4.78 is 0. The maximum absolute atomic E-state index is 3.87. The quantitative estimate of drug-likeness (QED) is 0.832. The molecule has 19 heavy (non-hydrogen) atoms. The molecule has 0 amide bonds. The Kier molecular flexibility index (Phi) is 6.15. The van der Waals surface area contributed by atoms with Crippen molar-refractivity contribution in [2.24, 2.45) is 5.92 Å². The molecule has 0 spiro atoms. The van der Waals surface area contributed by atoms with E-state index in [1.807, 2.05) is 0 Å². The molecular weight excluding hydrogens is 232 g/mol. The van der Waals surface area contributed by atoms with Crippen LogP contribution in [-0.4, -0.2) is 36.1 Å². The first-order valence-electron chi connectivity index (χ1n) is 8.75. The van der Waals surface area contributed by atoms with Gasteiger partial charge < -0.3 is 5.32 Å². The molecule has 0 bridgehead atoms. The van der Waals surface area contributed by atoms with Crippen molar-refractivity contribution in [1.82, 2.24) is 10.2 Å². The van der Waals surface area contributed by atoms with Gasteiger partial charge in [0.2, 0.25) is 0 Å². The first-order chi connectivity index (χ1) is 9.26. The fraction of sp³-hybridized carbons (Fsp3) is 1.00. The lowest BCUT2D eigenvalue weighted by molar-refractivity contribution is 0.115. The number of nitrogens with zero attached hydrogens (tertiary/aromatic N) is 1. The standard InChI is InChI=1S/C17H34N2/c1-4-16(5-2)19-13-17(18-12-11-14(19)3)15-9-7-6-8-10-15/h14-18H,4-13H2,1-3H3. The summed E-state index contributed by atoms with van der Waals surface area (Å²) in [6, 6.07) is 2.30. The maximum Gasteiger partial charge on any atom is 0.0223 e. The Hall–Kier alpha value is -0.0800. The molecule has 112 valence electrons. The van der Waals surface area contributed by atoms with Crippen LogP contribution >= 0.6 is 0 Å². The van der Waals surface area contributed by atoms with Crippen LogP contribution in [0.25, 0.3) is 0 Å². The van der Waals surface area contributed by atoms with Crippen LogP contribution in [0.1, 0.15) is 72.1 Å². The molecule has 1 heterocycles. The minimum absolute atomic E-state index is 0.755. The minimum Gasteiger partial charge on any atom is -0.312 e. The fourth-order valence-corrected chi connectivity index (χ4v) is 4.23. The lowest BCUT2D eigenvalue weighted by atomic mass is 9.83. The SMILES string of the molecule is CCC(CC)N1CC(C2CCCCC2)NCCC1C. The van der Waals surface area contributed by atoms with Crippen molar-refractivity contribution in [1.29, 1.82) is 0 Å². The first kappa shape index (κ1) is 15.3. The summed E-state index contributed by atoms with van der Waals surface area (Å²) in [6.45, 7) is 9.66. The highest BCUT2D eigenvalue weighted by Crippen LogP contribution is 2.29. The van der Waals surface area contributed by atoms with Gasteiger partial charge in [0.05, 0.1) is 0 Å².